The summed E-state index contributed by atoms with van der Waals surface area (Å²) < 4.78 is 0. The Bertz CT molecular complexity index is 248. The molecule has 0 fully saturated rings. The molecule has 0 saturated heterocycles. The Morgan fingerprint density at radius 2 is 1.79 bits per heavy atom. The van der Waals surface area contributed by atoms with Crippen molar-refractivity contribution in [3.63, 3.8) is 0 Å². The molecule has 1 rings (SSSR count). The van der Waals surface area contributed by atoms with Gasteiger partial charge in [-0.1, -0.05) is 58.9 Å². The van der Waals surface area contributed by atoms with Crippen LogP contribution in [0.2, 0.25) is 0 Å². The highest BCUT2D eigenvalue weighted by molar-refractivity contribution is 5.23. The first kappa shape index (κ1) is 13.2. The molecular formula is C14H24. The van der Waals surface area contributed by atoms with Crippen LogP contribution in [0.1, 0.15) is 45.7 Å². The lowest BCUT2D eigenvalue weighted by atomic mass is 10.00. The Morgan fingerprint density at radius 3 is 2.36 bits per heavy atom. The fourth-order valence-electron chi connectivity index (χ4n) is 1.67. The molecule has 0 spiro atoms. The number of rotatable bonds is 4. The lowest BCUT2D eigenvalue weighted by Crippen LogP contribution is -1.94. The fraction of sp³-hybridized carbons (Fsp3) is 0.571. The molecule has 1 aromatic carbocycles. The normalized spacial score (nSPS) is 10.0. The van der Waals surface area contributed by atoms with E-state index in [1.165, 1.54) is 30.4 Å². The summed E-state index contributed by atoms with van der Waals surface area (Å²) in [5.41, 5.74) is 2.97. The van der Waals surface area contributed by atoms with Crippen LogP contribution in [-0.4, -0.2) is 0 Å². The first-order valence-electron chi connectivity index (χ1n) is 5.30. The first-order chi connectivity index (χ1) is 6.22. The van der Waals surface area contributed by atoms with Crippen LogP contribution in [0.5, 0.6) is 0 Å². The molecule has 0 bridgehead atoms. The van der Waals surface area contributed by atoms with Crippen molar-refractivity contribution in [2.75, 3.05) is 0 Å². The minimum absolute atomic E-state index is 0. The van der Waals surface area contributed by atoms with Crippen molar-refractivity contribution in [1.82, 2.24) is 0 Å². The summed E-state index contributed by atoms with van der Waals surface area (Å²) in [6, 6.07) is 9.00. The highest BCUT2D eigenvalue weighted by atomic mass is 14.0. The van der Waals surface area contributed by atoms with Crippen molar-refractivity contribution in [3.05, 3.63) is 35.4 Å². The van der Waals surface area contributed by atoms with E-state index < -0.39 is 0 Å². The molecule has 0 atom stereocenters. The van der Waals surface area contributed by atoms with Crippen LogP contribution in [0, 0.1) is 5.92 Å². The van der Waals surface area contributed by atoms with E-state index in [-0.39, 0.29) is 7.43 Å². The summed E-state index contributed by atoms with van der Waals surface area (Å²) in [5, 5.41) is 0. The predicted molar refractivity (Wildman–Crippen MR) is 65.7 cm³/mol. The van der Waals surface area contributed by atoms with E-state index in [0.717, 1.165) is 5.92 Å². The van der Waals surface area contributed by atoms with Gasteiger partial charge in [-0.05, 0) is 29.9 Å². The summed E-state index contributed by atoms with van der Waals surface area (Å²) in [5.74, 6) is 0.761. The predicted octanol–water partition coefficient (Wildman–Crippen LogP) is 4.47. The van der Waals surface area contributed by atoms with Crippen LogP contribution >= 0.6 is 0 Å². The van der Waals surface area contributed by atoms with Crippen LogP contribution in [0.15, 0.2) is 24.3 Å². The van der Waals surface area contributed by atoms with Gasteiger partial charge < -0.3 is 0 Å². The van der Waals surface area contributed by atoms with Gasteiger partial charge in [0.15, 0.2) is 0 Å². The Labute approximate surface area is 89.4 Å². The van der Waals surface area contributed by atoms with E-state index in [4.69, 9.17) is 0 Å². The van der Waals surface area contributed by atoms with Crippen molar-refractivity contribution in [3.8, 4) is 0 Å². The highest BCUT2D eigenvalue weighted by Gasteiger charge is 1.98. The van der Waals surface area contributed by atoms with Gasteiger partial charge >= 0.3 is 0 Å². The largest absolute Gasteiger partial charge is 0.0776 e. The fourth-order valence-corrected chi connectivity index (χ4v) is 1.67. The van der Waals surface area contributed by atoms with Gasteiger partial charge in [0.1, 0.15) is 0 Å². The van der Waals surface area contributed by atoms with Gasteiger partial charge in [0.2, 0.25) is 0 Å². The van der Waals surface area contributed by atoms with Crippen LogP contribution in [0.3, 0.4) is 0 Å². The zero-order valence-corrected chi connectivity index (χ0v) is 9.01. The average molecular weight is 192 g/mol. The third-order valence-electron chi connectivity index (χ3n) is 2.17. The SMILES string of the molecule is C.CCCc1cccc(CC(C)C)c1. The second-order valence-corrected chi connectivity index (χ2v) is 4.17. The third-order valence-corrected chi connectivity index (χ3v) is 2.17. The third kappa shape index (κ3) is 4.45. The summed E-state index contributed by atoms with van der Waals surface area (Å²) >= 11 is 0. The number of hydrogen-bond acceptors (Lipinski definition) is 0. The summed E-state index contributed by atoms with van der Waals surface area (Å²) in [6.45, 7) is 6.77. The molecule has 0 unspecified atom stereocenters. The lowest BCUT2D eigenvalue weighted by molar-refractivity contribution is 0.646. The van der Waals surface area contributed by atoms with Crippen LogP contribution in [0.4, 0.5) is 0 Å². The first-order valence-corrected chi connectivity index (χ1v) is 5.30. The monoisotopic (exact) mass is 192 g/mol. The van der Waals surface area contributed by atoms with E-state index in [1.54, 1.807) is 0 Å². The molecule has 1 aromatic rings. The molecule has 0 radical (unpaired) electrons. The standard InChI is InChI=1S/C13H20.CH4/c1-4-6-12-7-5-8-13(10-12)9-11(2)3;/h5,7-8,10-11H,4,6,9H2,1-3H3;1H4. The average Bonchev–Trinajstić information content (AvgIpc) is 2.04. The zero-order valence-electron chi connectivity index (χ0n) is 9.01. The van der Waals surface area contributed by atoms with Gasteiger partial charge in [-0.3, -0.25) is 0 Å². The molecule has 0 nitrogen and oxygen atoms in total. The topological polar surface area (TPSA) is 0 Å². The van der Waals surface area contributed by atoms with Crippen molar-refractivity contribution in [1.29, 1.82) is 0 Å². The molecule has 0 amide bonds. The molecule has 0 heteroatoms. The van der Waals surface area contributed by atoms with E-state index in [1.807, 2.05) is 0 Å². The van der Waals surface area contributed by atoms with E-state index >= 15 is 0 Å². The lowest BCUT2D eigenvalue weighted by Gasteiger charge is -2.06. The summed E-state index contributed by atoms with van der Waals surface area (Å²) in [7, 11) is 0. The Hall–Kier alpha value is -0.780. The molecule has 0 saturated carbocycles. The smallest absolute Gasteiger partial charge is 0.0256 e. The van der Waals surface area contributed by atoms with Crippen LogP contribution in [0.25, 0.3) is 0 Å². The maximum absolute atomic E-state index is 2.35. The highest BCUT2D eigenvalue weighted by Crippen LogP contribution is 2.11. The molecule has 0 aromatic heterocycles. The second kappa shape index (κ2) is 6.64. The molecule has 0 heterocycles. The minimum atomic E-state index is 0. The molecule has 0 aliphatic carbocycles. The van der Waals surface area contributed by atoms with Crippen molar-refractivity contribution in [2.24, 2.45) is 5.92 Å². The molecule has 0 aliphatic heterocycles. The maximum atomic E-state index is 2.35. The van der Waals surface area contributed by atoms with Crippen molar-refractivity contribution >= 4 is 0 Å². The minimum Gasteiger partial charge on any atom is -0.0776 e. The number of benzene rings is 1. The van der Waals surface area contributed by atoms with Gasteiger partial charge in [-0.15, -0.1) is 0 Å². The van der Waals surface area contributed by atoms with E-state index in [9.17, 15) is 0 Å². The molecule has 0 aliphatic rings. The quantitative estimate of drug-likeness (QED) is 0.660. The van der Waals surface area contributed by atoms with Crippen molar-refractivity contribution in [2.45, 2.75) is 47.5 Å². The molecule has 80 valence electrons. The van der Waals surface area contributed by atoms with Crippen molar-refractivity contribution < 1.29 is 0 Å². The Balaban J connectivity index is 0.00000169. The van der Waals surface area contributed by atoms with Gasteiger partial charge in [0.05, 0.1) is 0 Å². The Kier molecular flexibility index (Phi) is 6.27. The molecule has 14 heavy (non-hydrogen) atoms. The summed E-state index contributed by atoms with van der Waals surface area (Å²) in [4.78, 5) is 0. The zero-order chi connectivity index (χ0) is 9.68. The Morgan fingerprint density at radius 1 is 1.14 bits per heavy atom. The maximum Gasteiger partial charge on any atom is -0.0256 e. The van der Waals surface area contributed by atoms with E-state index in [0.29, 0.717) is 0 Å². The molecular weight excluding hydrogens is 168 g/mol. The second-order valence-electron chi connectivity index (χ2n) is 4.17. The molecule has 0 N–H and O–H groups in total. The van der Waals surface area contributed by atoms with Gasteiger partial charge in [-0.2, -0.15) is 0 Å². The van der Waals surface area contributed by atoms with Crippen LogP contribution in [-0.2, 0) is 12.8 Å². The summed E-state index contributed by atoms with van der Waals surface area (Å²) in [6.07, 6.45) is 3.66. The number of hydrogen-bond donors (Lipinski definition) is 0. The van der Waals surface area contributed by atoms with Gasteiger partial charge in [0, 0.05) is 0 Å². The van der Waals surface area contributed by atoms with Gasteiger partial charge in [0.25, 0.3) is 0 Å². The number of aryl methyl sites for hydroxylation is 1. The van der Waals surface area contributed by atoms with E-state index in [2.05, 4.69) is 45.0 Å². The van der Waals surface area contributed by atoms with Gasteiger partial charge in [-0.25, -0.2) is 0 Å². The van der Waals surface area contributed by atoms with Crippen LogP contribution < -0.4 is 0 Å².